The lowest BCUT2D eigenvalue weighted by atomic mass is 9.91. The number of primary amides is 1. The second-order valence-corrected chi connectivity index (χ2v) is 7.19. The van der Waals surface area contributed by atoms with E-state index < -0.39 is 0 Å². The predicted molar refractivity (Wildman–Crippen MR) is 97.2 cm³/mol. The first-order valence-electron chi connectivity index (χ1n) is 8.99. The molecule has 0 radical (unpaired) electrons. The highest BCUT2D eigenvalue weighted by atomic mass is 16.5. The van der Waals surface area contributed by atoms with Gasteiger partial charge in [0.25, 0.3) is 0 Å². The lowest BCUT2D eigenvalue weighted by Gasteiger charge is -2.21. The number of nitrogens with zero attached hydrogens (tertiary/aromatic N) is 1. The number of hydrogen-bond donors (Lipinski definition) is 2. The molecule has 2 atom stereocenters. The molecule has 1 heterocycles. The number of benzene rings is 1. The largest absolute Gasteiger partial charge is 0.384 e. The third kappa shape index (κ3) is 5.34. The van der Waals surface area contributed by atoms with E-state index in [1.807, 2.05) is 12.1 Å². The summed E-state index contributed by atoms with van der Waals surface area (Å²) < 4.78 is 6.29. The molecular formula is C19H30N3O3+. The van der Waals surface area contributed by atoms with Gasteiger partial charge in [-0.3, -0.25) is 4.79 Å². The van der Waals surface area contributed by atoms with E-state index in [-0.39, 0.29) is 18.0 Å². The quantitative estimate of drug-likeness (QED) is 0.669. The van der Waals surface area contributed by atoms with Gasteiger partial charge >= 0.3 is 0 Å². The second kappa shape index (κ2) is 9.06. The summed E-state index contributed by atoms with van der Waals surface area (Å²) >= 11 is 0. The van der Waals surface area contributed by atoms with Crippen LogP contribution in [0, 0.1) is 10.8 Å². The molecule has 3 N–H and O–H groups in total. The fourth-order valence-corrected chi connectivity index (χ4v) is 3.39. The van der Waals surface area contributed by atoms with Crippen molar-refractivity contribution in [2.24, 2.45) is 11.7 Å². The Morgan fingerprint density at radius 1 is 1.44 bits per heavy atom. The molecule has 0 saturated heterocycles. The summed E-state index contributed by atoms with van der Waals surface area (Å²) in [6.07, 6.45) is 2.18. The monoisotopic (exact) mass is 348 g/mol. The van der Waals surface area contributed by atoms with Gasteiger partial charge in [-0.1, -0.05) is 32.0 Å². The van der Waals surface area contributed by atoms with Crippen LogP contribution in [-0.2, 0) is 22.5 Å². The molecule has 6 nitrogen and oxygen atoms in total. The summed E-state index contributed by atoms with van der Waals surface area (Å²) in [6, 6.07) is 5.76. The van der Waals surface area contributed by atoms with Gasteiger partial charge in [-0.2, -0.15) is 0 Å². The number of carbonyl (C=O) groups is 1. The molecular weight excluding hydrogens is 318 g/mol. The molecule has 0 fully saturated rings. The highest BCUT2D eigenvalue weighted by Crippen LogP contribution is 2.30. The number of hydrogen-bond acceptors (Lipinski definition) is 4. The number of amides is 1. The first-order valence-corrected chi connectivity index (χ1v) is 8.99. The standard InChI is InChI=1S/C19H29N3O3/c1-13(2)10-17(19(20)23)21-12-14-4-5-16-15(11-14)6-8-22(24)18(16)7-9-25-3/h4-5,11,13,17-18,21H,6-10,12H2,1-3H3,(H-,20,23)/p+1. The van der Waals surface area contributed by atoms with Crippen molar-refractivity contribution in [3.05, 3.63) is 39.8 Å². The molecule has 138 valence electrons. The van der Waals surface area contributed by atoms with E-state index in [1.54, 1.807) is 7.11 Å². The molecule has 1 aliphatic heterocycles. The Bertz CT molecular complexity index is 616. The van der Waals surface area contributed by atoms with Crippen molar-refractivity contribution in [1.29, 1.82) is 0 Å². The van der Waals surface area contributed by atoms with Crippen molar-refractivity contribution in [2.45, 2.75) is 51.7 Å². The Hall–Kier alpha value is -1.79. The van der Waals surface area contributed by atoms with Gasteiger partial charge in [0.1, 0.15) is 0 Å². The Balaban J connectivity index is 2.07. The Labute approximate surface area is 149 Å². The number of nitrogens with two attached hydrogens (primary N) is 1. The summed E-state index contributed by atoms with van der Waals surface area (Å²) in [5.41, 5.74) is 8.90. The summed E-state index contributed by atoms with van der Waals surface area (Å²) in [4.78, 5) is 23.7. The summed E-state index contributed by atoms with van der Waals surface area (Å²) in [7, 11) is 1.65. The molecule has 2 unspecified atom stereocenters. The third-order valence-corrected chi connectivity index (χ3v) is 4.71. The predicted octanol–water partition coefficient (Wildman–Crippen LogP) is 2.09. The number of carbonyl (C=O) groups excluding carboxylic acids is 1. The van der Waals surface area contributed by atoms with Crippen LogP contribution in [0.4, 0.5) is 0 Å². The van der Waals surface area contributed by atoms with E-state index in [0.717, 1.165) is 28.7 Å². The number of nitrogens with one attached hydrogen (secondary N) is 1. The highest BCUT2D eigenvalue weighted by Gasteiger charge is 2.33. The Kier molecular flexibility index (Phi) is 7.08. The zero-order valence-corrected chi connectivity index (χ0v) is 15.5. The van der Waals surface area contributed by atoms with Gasteiger partial charge in [0.05, 0.1) is 12.6 Å². The molecule has 0 saturated carbocycles. The van der Waals surface area contributed by atoms with Gasteiger partial charge < -0.3 is 15.8 Å². The van der Waals surface area contributed by atoms with Gasteiger partial charge in [-0.15, -0.1) is 0 Å². The maximum atomic E-state index is 12.1. The zero-order valence-electron chi connectivity index (χ0n) is 15.5. The van der Waals surface area contributed by atoms with E-state index in [1.165, 1.54) is 5.56 Å². The van der Waals surface area contributed by atoms with E-state index in [2.05, 4.69) is 25.2 Å². The second-order valence-electron chi connectivity index (χ2n) is 7.19. The molecule has 6 heteroatoms. The van der Waals surface area contributed by atoms with Gasteiger partial charge in [0.15, 0.2) is 6.54 Å². The van der Waals surface area contributed by atoms with Gasteiger partial charge in [0, 0.05) is 41.7 Å². The number of fused-ring (bicyclic) bond motifs is 1. The molecule has 2 rings (SSSR count). The van der Waals surface area contributed by atoms with Crippen molar-refractivity contribution in [2.75, 3.05) is 20.3 Å². The molecule has 0 aromatic heterocycles. The molecule has 1 aromatic rings. The topological polar surface area (TPSA) is 84.4 Å². The summed E-state index contributed by atoms with van der Waals surface area (Å²) in [5, 5.41) is 3.26. The average molecular weight is 348 g/mol. The van der Waals surface area contributed by atoms with Crippen LogP contribution < -0.4 is 11.1 Å². The van der Waals surface area contributed by atoms with Crippen LogP contribution in [-0.4, -0.2) is 37.0 Å². The molecule has 1 aromatic carbocycles. The van der Waals surface area contributed by atoms with Crippen LogP contribution in [0.1, 0.15) is 49.4 Å². The molecule has 25 heavy (non-hydrogen) atoms. The summed E-state index contributed by atoms with van der Waals surface area (Å²) in [5.74, 6) is 0.0893. The zero-order chi connectivity index (χ0) is 18.4. The molecule has 0 bridgehead atoms. The van der Waals surface area contributed by atoms with Crippen molar-refractivity contribution in [1.82, 2.24) is 5.32 Å². The summed E-state index contributed by atoms with van der Waals surface area (Å²) in [6.45, 7) is 5.82. The van der Waals surface area contributed by atoms with Gasteiger partial charge in [0.2, 0.25) is 11.9 Å². The number of nitroso groups, excluding NO2 is 1. The van der Waals surface area contributed by atoms with Crippen LogP contribution in [0.3, 0.4) is 0 Å². The van der Waals surface area contributed by atoms with Crippen LogP contribution in [0.5, 0.6) is 0 Å². The first kappa shape index (κ1) is 19.5. The van der Waals surface area contributed by atoms with E-state index in [4.69, 9.17) is 10.5 Å². The van der Waals surface area contributed by atoms with Crippen LogP contribution >= 0.6 is 0 Å². The van der Waals surface area contributed by atoms with Crippen molar-refractivity contribution < 1.29 is 14.3 Å². The third-order valence-electron chi connectivity index (χ3n) is 4.71. The maximum absolute atomic E-state index is 12.1. The maximum Gasteiger partial charge on any atom is 0.234 e. The minimum Gasteiger partial charge on any atom is -0.384 e. The van der Waals surface area contributed by atoms with E-state index >= 15 is 0 Å². The van der Waals surface area contributed by atoms with E-state index in [0.29, 0.717) is 32.0 Å². The fraction of sp³-hybridized carbons (Fsp3) is 0.632. The number of methoxy groups -OCH3 is 1. The highest BCUT2D eigenvalue weighted by molar-refractivity contribution is 5.79. The molecule has 1 amide bonds. The van der Waals surface area contributed by atoms with Crippen molar-refractivity contribution >= 4 is 5.91 Å². The van der Waals surface area contributed by atoms with E-state index in [9.17, 15) is 9.70 Å². The van der Waals surface area contributed by atoms with Crippen LogP contribution in [0.2, 0.25) is 0 Å². The molecule has 0 aliphatic carbocycles. The first-order chi connectivity index (χ1) is 11.9. The Morgan fingerprint density at radius 2 is 2.20 bits per heavy atom. The lowest BCUT2D eigenvalue weighted by Crippen LogP contribution is -2.41. The van der Waals surface area contributed by atoms with Crippen LogP contribution in [0.25, 0.3) is 0 Å². The van der Waals surface area contributed by atoms with Gasteiger partial charge in [-0.05, 0) is 23.5 Å². The lowest BCUT2D eigenvalue weighted by molar-refractivity contribution is -0.597. The minimum atomic E-state index is -0.317. The number of ether oxygens (including phenoxy) is 1. The van der Waals surface area contributed by atoms with Crippen molar-refractivity contribution in [3.8, 4) is 0 Å². The molecule has 1 aliphatic rings. The number of rotatable bonds is 9. The average Bonchev–Trinajstić information content (AvgIpc) is 2.57. The fourth-order valence-electron chi connectivity index (χ4n) is 3.39. The van der Waals surface area contributed by atoms with Gasteiger partial charge in [-0.25, -0.2) is 0 Å². The SMILES string of the molecule is COCCC1c2ccc(CNC(CC(C)C)C(N)=O)cc2CC[N+]1=O. The normalized spacial score (nSPS) is 18.2. The van der Waals surface area contributed by atoms with Crippen molar-refractivity contribution in [3.63, 3.8) is 0 Å². The smallest absolute Gasteiger partial charge is 0.234 e. The Morgan fingerprint density at radius 3 is 2.84 bits per heavy atom. The van der Waals surface area contributed by atoms with Crippen LogP contribution in [0.15, 0.2) is 18.2 Å². The molecule has 0 spiro atoms. The minimum absolute atomic E-state index is 0.134.